The summed E-state index contributed by atoms with van der Waals surface area (Å²) in [6.45, 7) is 2.39. The van der Waals surface area contributed by atoms with Crippen LogP contribution in [-0.2, 0) is 4.74 Å². The summed E-state index contributed by atoms with van der Waals surface area (Å²) >= 11 is 7.33. The fraction of sp³-hybridized carbons (Fsp3) is 0.318. The minimum absolute atomic E-state index is 0.101. The van der Waals surface area contributed by atoms with E-state index in [0.29, 0.717) is 28.2 Å². The van der Waals surface area contributed by atoms with E-state index in [4.69, 9.17) is 19.9 Å². The lowest BCUT2D eigenvalue weighted by molar-refractivity contribution is 0.0339. The maximum atomic E-state index is 10.0. The summed E-state index contributed by atoms with van der Waals surface area (Å²) < 4.78 is 18.8. The average Bonchev–Trinajstić information content (AvgIpc) is 3.19. The first-order chi connectivity index (χ1) is 15.0. The maximum Gasteiger partial charge on any atom is 0.200 e. The molecule has 7 nitrogen and oxygen atoms in total. The lowest BCUT2D eigenvalue weighted by atomic mass is 9.74. The molecule has 0 aromatic heterocycles. The third-order valence-electron chi connectivity index (χ3n) is 5.60. The third-order valence-corrected chi connectivity index (χ3v) is 7.75. The van der Waals surface area contributed by atoms with E-state index in [2.05, 4.69) is 60.9 Å². The van der Waals surface area contributed by atoms with Crippen LogP contribution in [0.25, 0.3) is 0 Å². The number of ether oxygens (including phenoxy) is 3. The highest BCUT2D eigenvalue weighted by atomic mass is 79.9. The van der Waals surface area contributed by atoms with E-state index < -0.39 is 6.23 Å². The molecule has 0 amide bonds. The first-order valence-electron chi connectivity index (χ1n) is 9.82. The molecule has 0 spiro atoms. The van der Waals surface area contributed by atoms with Gasteiger partial charge in [-0.2, -0.15) is 5.26 Å². The Labute approximate surface area is 197 Å². The molecule has 9 heteroatoms. The van der Waals surface area contributed by atoms with Crippen molar-refractivity contribution in [1.29, 1.82) is 5.26 Å². The molecule has 31 heavy (non-hydrogen) atoms. The molecule has 2 heterocycles. The first kappa shape index (κ1) is 22.0. The van der Waals surface area contributed by atoms with Crippen molar-refractivity contribution in [3.8, 4) is 17.6 Å². The number of hydrogen-bond donors (Lipinski definition) is 3. The van der Waals surface area contributed by atoms with Crippen molar-refractivity contribution in [3.63, 3.8) is 0 Å². The number of benzene rings is 2. The molecule has 4 rings (SSSR count). The Morgan fingerprint density at radius 1 is 1.19 bits per heavy atom. The van der Waals surface area contributed by atoms with Crippen molar-refractivity contribution >= 4 is 31.9 Å². The van der Waals surface area contributed by atoms with Crippen LogP contribution in [0.3, 0.4) is 0 Å². The van der Waals surface area contributed by atoms with Gasteiger partial charge >= 0.3 is 0 Å². The molecule has 4 N–H and O–H groups in total. The molecule has 4 atom stereocenters. The smallest absolute Gasteiger partial charge is 0.200 e. The van der Waals surface area contributed by atoms with Crippen LogP contribution >= 0.6 is 31.9 Å². The highest BCUT2D eigenvalue weighted by molar-refractivity contribution is 9.13. The largest absolute Gasteiger partial charge is 0.492 e. The van der Waals surface area contributed by atoms with E-state index in [1.54, 1.807) is 7.11 Å². The number of nitrogens with one attached hydrogen (secondary N) is 2. The van der Waals surface area contributed by atoms with Gasteiger partial charge in [0.05, 0.1) is 29.8 Å². The Morgan fingerprint density at radius 2 is 1.94 bits per heavy atom. The lowest BCUT2D eigenvalue weighted by Crippen LogP contribution is -2.41. The second kappa shape index (κ2) is 9.09. The molecular formula is C22H22Br2N4O3. The number of hydrogen-bond acceptors (Lipinski definition) is 7. The van der Waals surface area contributed by atoms with E-state index in [-0.39, 0.29) is 23.8 Å². The van der Waals surface area contributed by atoms with Gasteiger partial charge in [0.2, 0.25) is 5.88 Å². The van der Waals surface area contributed by atoms with Gasteiger partial charge in [0, 0.05) is 16.3 Å². The molecule has 162 valence electrons. The maximum absolute atomic E-state index is 10.0. The van der Waals surface area contributed by atoms with Crippen molar-refractivity contribution in [2.24, 2.45) is 11.7 Å². The molecular weight excluding hydrogens is 528 g/mol. The summed E-state index contributed by atoms with van der Waals surface area (Å²) in [6, 6.07) is 14.2. The zero-order chi connectivity index (χ0) is 22.1. The van der Waals surface area contributed by atoms with Crippen molar-refractivity contribution in [1.82, 2.24) is 10.9 Å². The number of nitriles is 1. The molecule has 1 fully saturated rings. The van der Waals surface area contributed by atoms with Crippen LogP contribution in [0.5, 0.6) is 11.5 Å². The molecule has 2 aliphatic heterocycles. The number of hydrazine groups is 1. The quantitative estimate of drug-likeness (QED) is 0.513. The van der Waals surface area contributed by atoms with Crippen molar-refractivity contribution in [3.05, 3.63) is 67.9 Å². The van der Waals surface area contributed by atoms with E-state index >= 15 is 0 Å². The molecule has 0 radical (unpaired) electrons. The van der Waals surface area contributed by atoms with Gasteiger partial charge in [0.15, 0.2) is 17.7 Å². The highest BCUT2D eigenvalue weighted by Crippen LogP contribution is 2.52. The van der Waals surface area contributed by atoms with Gasteiger partial charge < -0.3 is 19.9 Å². The number of methoxy groups -OCH3 is 1. The summed E-state index contributed by atoms with van der Waals surface area (Å²) in [5.74, 6) is 0.791. The average molecular weight is 550 g/mol. The van der Waals surface area contributed by atoms with Crippen LogP contribution in [0.15, 0.2) is 56.8 Å². The van der Waals surface area contributed by atoms with Gasteiger partial charge in [-0.25, -0.2) is 10.9 Å². The molecule has 1 saturated heterocycles. The fourth-order valence-corrected chi connectivity index (χ4v) is 5.43. The van der Waals surface area contributed by atoms with Crippen molar-refractivity contribution < 1.29 is 14.2 Å². The number of rotatable bonds is 5. The number of halogens is 2. The Morgan fingerprint density at radius 3 is 2.58 bits per heavy atom. The summed E-state index contributed by atoms with van der Waals surface area (Å²) in [6.07, 6.45) is -0.407. The Kier molecular flexibility index (Phi) is 6.44. The molecule has 2 aliphatic rings. The van der Waals surface area contributed by atoms with Gasteiger partial charge in [-0.05, 0) is 56.0 Å². The van der Waals surface area contributed by atoms with Crippen LogP contribution in [0.1, 0.15) is 30.0 Å². The van der Waals surface area contributed by atoms with Crippen LogP contribution in [-0.4, -0.2) is 19.9 Å². The van der Waals surface area contributed by atoms with E-state index in [1.807, 2.05) is 31.2 Å². The normalized spacial score (nSPS) is 24.9. The molecule has 4 unspecified atom stereocenters. The van der Waals surface area contributed by atoms with Gasteiger partial charge in [0.25, 0.3) is 0 Å². The van der Waals surface area contributed by atoms with Crippen LogP contribution < -0.4 is 26.1 Å². The van der Waals surface area contributed by atoms with Crippen molar-refractivity contribution in [2.45, 2.75) is 25.1 Å². The SMILES string of the molecule is CCOc1cc(C2C(C#N)=C(N)OC3NNC(c4ccccc4)C32)c(Br)c(Br)c1OC. The van der Waals surface area contributed by atoms with Crippen molar-refractivity contribution in [2.75, 3.05) is 13.7 Å². The summed E-state index contributed by atoms with van der Waals surface area (Å²) in [5, 5.41) is 10.0. The highest BCUT2D eigenvalue weighted by Gasteiger charge is 2.50. The molecule has 2 aromatic rings. The Bertz CT molecular complexity index is 1050. The fourth-order valence-electron chi connectivity index (χ4n) is 4.30. The third kappa shape index (κ3) is 3.78. The number of allylic oxidation sites excluding steroid dienone is 1. The van der Waals surface area contributed by atoms with Gasteiger partial charge in [-0.3, -0.25) is 0 Å². The predicted molar refractivity (Wildman–Crippen MR) is 123 cm³/mol. The lowest BCUT2D eigenvalue weighted by Gasteiger charge is -2.36. The van der Waals surface area contributed by atoms with E-state index in [1.165, 1.54) is 0 Å². The summed E-state index contributed by atoms with van der Waals surface area (Å²) in [4.78, 5) is 0. The minimum atomic E-state index is -0.407. The first-order valence-corrected chi connectivity index (χ1v) is 11.4. The molecule has 2 aromatic carbocycles. The van der Waals surface area contributed by atoms with Gasteiger partial charge in [-0.1, -0.05) is 30.3 Å². The Balaban J connectivity index is 1.91. The van der Waals surface area contributed by atoms with E-state index in [0.717, 1.165) is 15.6 Å². The van der Waals surface area contributed by atoms with Crippen LogP contribution in [0.4, 0.5) is 0 Å². The van der Waals surface area contributed by atoms with Gasteiger partial charge in [-0.15, -0.1) is 0 Å². The molecule has 0 saturated carbocycles. The van der Waals surface area contributed by atoms with E-state index in [9.17, 15) is 5.26 Å². The van der Waals surface area contributed by atoms with Crippen LogP contribution in [0.2, 0.25) is 0 Å². The Hall–Kier alpha value is -2.25. The monoisotopic (exact) mass is 548 g/mol. The van der Waals surface area contributed by atoms with Gasteiger partial charge in [0.1, 0.15) is 6.07 Å². The summed E-state index contributed by atoms with van der Waals surface area (Å²) in [5.41, 5.74) is 15.0. The zero-order valence-electron chi connectivity index (χ0n) is 17.0. The minimum Gasteiger partial charge on any atom is -0.492 e. The zero-order valence-corrected chi connectivity index (χ0v) is 20.2. The molecule has 0 bridgehead atoms. The standard InChI is InChI=1S/C22H22Br2N4O3/c1-3-30-14-9-12(17(23)18(24)20(14)29-2)15-13(10-25)21(26)31-22-16(15)19(27-28-22)11-7-5-4-6-8-11/h4-9,15-16,19,22,27-28H,3,26H2,1-2H3. The summed E-state index contributed by atoms with van der Waals surface area (Å²) in [7, 11) is 1.59. The second-order valence-electron chi connectivity index (χ2n) is 7.22. The second-order valence-corrected chi connectivity index (χ2v) is 8.80. The number of nitrogens with two attached hydrogens (primary N) is 1. The predicted octanol–water partition coefficient (Wildman–Crippen LogP) is 4.22. The van der Waals surface area contributed by atoms with Crippen LogP contribution in [0, 0.1) is 17.2 Å². The molecule has 0 aliphatic carbocycles. The number of nitrogens with zero attached hydrogens (tertiary/aromatic N) is 1. The topological polar surface area (TPSA) is 102 Å². The number of fused-ring (bicyclic) bond motifs is 1.